The first kappa shape index (κ1) is 12.6. The van der Waals surface area contributed by atoms with E-state index in [2.05, 4.69) is 15.5 Å². The number of benzene rings is 1. The van der Waals surface area contributed by atoms with Gasteiger partial charge in [-0.15, -0.1) is 5.10 Å². The van der Waals surface area contributed by atoms with Crippen molar-refractivity contribution in [3.63, 3.8) is 0 Å². The summed E-state index contributed by atoms with van der Waals surface area (Å²) < 4.78 is 14.8. The molecule has 19 heavy (non-hydrogen) atoms. The topological polar surface area (TPSA) is 69.6 Å². The zero-order valence-electron chi connectivity index (χ0n) is 10.2. The predicted octanol–water partition coefficient (Wildman–Crippen LogP) is 1.94. The molecule has 0 radical (unpaired) electrons. The van der Waals surface area contributed by atoms with E-state index in [-0.39, 0.29) is 11.1 Å². The minimum atomic E-state index is -0.243. The molecule has 0 aliphatic heterocycles. The third kappa shape index (κ3) is 2.76. The number of halogens is 1. The summed E-state index contributed by atoms with van der Waals surface area (Å²) in [6.45, 7) is 0.452. The van der Waals surface area contributed by atoms with Crippen molar-refractivity contribution in [1.29, 1.82) is 0 Å². The molecule has 2 aromatic rings. The van der Waals surface area contributed by atoms with Gasteiger partial charge in [0.1, 0.15) is 5.82 Å². The van der Waals surface area contributed by atoms with Gasteiger partial charge in [-0.05, 0) is 41.0 Å². The van der Waals surface area contributed by atoms with Crippen molar-refractivity contribution in [3.05, 3.63) is 35.6 Å². The maximum absolute atomic E-state index is 12.9. The van der Waals surface area contributed by atoms with E-state index in [1.54, 1.807) is 12.1 Å². The van der Waals surface area contributed by atoms with E-state index in [1.165, 1.54) is 23.9 Å². The molecule has 0 spiro atoms. The van der Waals surface area contributed by atoms with Gasteiger partial charge in [0.05, 0.1) is 6.04 Å². The average molecular weight is 279 g/mol. The van der Waals surface area contributed by atoms with E-state index in [1.807, 2.05) is 4.68 Å². The number of aromatic nitrogens is 4. The van der Waals surface area contributed by atoms with Crippen LogP contribution in [0.3, 0.4) is 0 Å². The molecule has 7 heteroatoms. The zero-order chi connectivity index (χ0) is 13.2. The van der Waals surface area contributed by atoms with Crippen LogP contribution >= 0.6 is 11.8 Å². The van der Waals surface area contributed by atoms with Gasteiger partial charge in [-0.1, -0.05) is 23.9 Å². The Hall–Kier alpha value is -1.47. The molecule has 1 fully saturated rings. The lowest BCUT2D eigenvalue weighted by atomic mass is 10.1. The fourth-order valence-corrected chi connectivity index (χ4v) is 2.89. The van der Waals surface area contributed by atoms with Gasteiger partial charge < -0.3 is 5.73 Å². The van der Waals surface area contributed by atoms with E-state index in [4.69, 9.17) is 5.73 Å². The first-order chi connectivity index (χ1) is 9.28. The fraction of sp³-hybridized carbons (Fsp3) is 0.417. The van der Waals surface area contributed by atoms with E-state index < -0.39 is 0 Å². The third-order valence-electron chi connectivity index (χ3n) is 3.06. The summed E-state index contributed by atoms with van der Waals surface area (Å²) >= 11 is 1.53. The first-order valence-corrected chi connectivity index (χ1v) is 7.06. The van der Waals surface area contributed by atoms with Crippen LogP contribution in [0.25, 0.3) is 0 Å². The van der Waals surface area contributed by atoms with Crippen molar-refractivity contribution in [3.8, 4) is 0 Å². The maximum atomic E-state index is 12.9. The second kappa shape index (κ2) is 5.26. The van der Waals surface area contributed by atoms with Gasteiger partial charge >= 0.3 is 0 Å². The Morgan fingerprint density at radius 1 is 1.37 bits per heavy atom. The molecule has 1 aliphatic carbocycles. The molecule has 1 aliphatic rings. The Bertz CT molecular complexity index is 552. The van der Waals surface area contributed by atoms with Crippen LogP contribution in [0.1, 0.15) is 29.7 Å². The Morgan fingerprint density at radius 3 is 2.74 bits per heavy atom. The Kier molecular flexibility index (Phi) is 3.48. The van der Waals surface area contributed by atoms with Gasteiger partial charge in [-0.25, -0.2) is 9.07 Å². The molecule has 1 aromatic heterocycles. The largest absolute Gasteiger partial charge is 0.329 e. The summed E-state index contributed by atoms with van der Waals surface area (Å²) in [6.07, 6.45) is 2.25. The summed E-state index contributed by atoms with van der Waals surface area (Å²) in [5, 5.41) is 12.6. The van der Waals surface area contributed by atoms with Gasteiger partial charge in [0.25, 0.3) is 0 Å². The molecule has 0 amide bonds. The highest BCUT2D eigenvalue weighted by Crippen LogP contribution is 2.39. The maximum Gasteiger partial charge on any atom is 0.210 e. The van der Waals surface area contributed by atoms with Gasteiger partial charge in [0, 0.05) is 11.8 Å². The van der Waals surface area contributed by atoms with Crippen molar-refractivity contribution in [2.75, 3.05) is 6.54 Å². The SMILES string of the molecule is NCC(Sc1nnnn1C1CC1)c1ccc(F)cc1. The lowest BCUT2D eigenvalue weighted by Crippen LogP contribution is -2.11. The van der Waals surface area contributed by atoms with Gasteiger partial charge in [0.2, 0.25) is 5.16 Å². The highest BCUT2D eigenvalue weighted by molar-refractivity contribution is 7.99. The monoisotopic (exact) mass is 279 g/mol. The van der Waals surface area contributed by atoms with E-state index in [0.29, 0.717) is 12.6 Å². The second-order valence-corrected chi connectivity index (χ2v) is 5.70. The molecular formula is C12H14FN5S. The molecule has 0 saturated heterocycles. The molecule has 1 unspecified atom stereocenters. The lowest BCUT2D eigenvalue weighted by molar-refractivity contribution is 0.564. The molecule has 0 bridgehead atoms. The quantitative estimate of drug-likeness (QED) is 0.847. The third-order valence-corrected chi connectivity index (χ3v) is 4.29. The summed E-state index contributed by atoms with van der Waals surface area (Å²) in [4.78, 5) is 0. The normalized spacial score (nSPS) is 16.5. The average Bonchev–Trinajstić information content (AvgIpc) is 3.17. The number of hydrogen-bond acceptors (Lipinski definition) is 5. The minimum Gasteiger partial charge on any atom is -0.329 e. The zero-order valence-corrected chi connectivity index (χ0v) is 11.1. The van der Waals surface area contributed by atoms with Crippen LogP contribution in [-0.2, 0) is 0 Å². The van der Waals surface area contributed by atoms with E-state index >= 15 is 0 Å². The van der Waals surface area contributed by atoms with Gasteiger partial charge in [0.15, 0.2) is 0 Å². The van der Waals surface area contributed by atoms with Crippen LogP contribution in [0.5, 0.6) is 0 Å². The van der Waals surface area contributed by atoms with Crippen molar-refractivity contribution < 1.29 is 4.39 Å². The number of hydrogen-bond donors (Lipinski definition) is 1. The molecule has 100 valence electrons. The van der Waals surface area contributed by atoms with Gasteiger partial charge in [-0.3, -0.25) is 0 Å². The number of tetrazole rings is 1. The Morgan fingerprint density at radius 2 is 2.11 bits per heavy atom. The summed E-state index contributed by atoms with van der Waals surface area (Å²) in [5.74, 6) is -0.243. The molecule has 1 heterocycles. The molecule has 3 rings (SSSR count). The number of nitrogens with zero attached hydrogens (tertiary/aromatic N) is 4. The van der Waals surface area contributed by atoms with Crippen LogP contribution in [0.4, 0.5) is 4.39 Å². The van der Waals surface area contributed by atoms with Crippen molar-refractivity contribution >= 4 is 11.8 Å². The number of thioether (sulfide) groups is 1. The van der Waals surface area contributed by atoms with Crippen LogP contribution in [0.2, 0.25) is 0 Å². The molecule has 1 aromatic carbocycles. The standard InChI is InChI=1S/C12H14FN5S/c13-9-3-1-8(2-4-9)11(7-14)19-12-15-16-17-18(12)10-5-6-10/h1-4,10-11H,5-7,14H2. The summed E-state index contributed by atoms with van der Waals surface area (Å²) in [6, 6.07) is 6.84. The summed E-state index contributed by atoms with van der Waals surface area (Å²) in [7, 11) is 0. The van der Waals surface area contributed by atoms with E-state index in [0.717, 1.165) is 23.6 Å². The fourth-order valence-electron chi connectivity index (χ4n) is 1.87. The molecular weight excluding hydrogens is 265 g/mol. The highest BCUT2D eigenvalue weighted by atomic mass is 32.2. The highest BCUT2D eigenvalue weighted by Gasteiger charge is 2.29. The Balaban J connectivity index is 1.79. The molecule has 1 atom stereocenters. The van der Waals surface area contributed by atoms with Crippen LogP contribution in [0, 0.1) is 5.82 Å². The lowest BCUT2D eigenvalue weighted by Gasteiger charge is -2.14. The predicted molar refractivity (Wildman–Crippen MR) is 70.1 cm³/mol. The van der Waals surface area contributed by atoms with Gasteiger partial charge in [-0.2, -0.15) is 0 Å². The molecule has 1 saturated carbocycles. The summed E-state index contributed by atoms with van der Waals surface area (Å²) in [5.41, 5.74) is 6.79. The number of rotatable bonds is 5. The molecule has 5 nitrogen and oxygen atoms in total. The first-order valence-electron chi connectivity index (χ1n) is 6.18. The van der Waals surface area contributed by atoms with Crippen molar-refractivity contribution in [1.82, 2.24) is 20.2 Å². The Labute approximate surface area is 114 Å². The minimum absolute atomic E-state index is 0.0316. The number of nitrogens with two attached hydrogens (primary N) is 1. The van der Waals surface area contributed by atoms with Crippen LogP contribution < -0.4 is 5.73 Å². The smallest absolute Gasteiger partial charge is 0.210 e. The van der Waals surface area contributed by atoms with Crippen molar-refractivity contribution in [2.24, 2.45) is 5.73 Å². The van der Waals surface area contributed by atoms with E-state index in [9.17, 15) is 4.39 Å². The van der Waals surface area contributed by atoms with Crippen LogP contribution in [0.15, 0.2) is 29.4 Å². The molecule has 2 N–H and O–H groups in total. The van der Waals surface area contributed by atoms with Crippen LogP contribution in [-0.4, -0.2) is 26.8 Å². The van der Waals surface area contributed by atoms with Crippen molar-refractivity contribution in [2.45, 2.75) is 29.3 Å². The second-order valence-electron chi connectivity index (χ2n) is 4.53.